The summed E-state index contributed by atoms with van der Waals surface area (Å²) in [6.07, 6.45) is 1.88. The van der Waals surface area contributed by atoms with Crippen LogP contribution in [0.15, 0.2) is 18.3 Å². The van der Waals surface area contributed by atoms with Gasteiger partial charge in [-0.3, -0.25) is 9.88 Å². The summed E-state index contributed by atoms with van der Waals surface area (Å²) in [6, 6.07) is 4.22. The third-order valence-corrected chi connectivity index (χ3v) is 4.28. The zero-order valence-corrected chi connectivity index (χ0v) is 13.7. The molecule has 2 atom stereocenters. The molecule has 0 amide bonds. The second-order valence-electron chi connectivity index (χ2n) is 5.35. The second-order valence-corrected chi connectivity index (χ2v) is 6.08. The SMILES string of the molecule is COCC(c1ccc(C(C)(Cl)OC)nc1)N1CCNCC1. The zero-order chi connectivity index (χ0) is 15.3. The lowest BCUT2D eigenvalue weighted by atomic mass is 10.1. The van der Waals surface area contributed by atoms with Crippen LogP contribution in [-0.2, 0) is 14.5 Å². The lowest BCUT2D eigenvalue weighted by molar-refractivity contribution is 0.0736. The smallest absolute Gasteiger partial charge is 0.180 e. The van der Waals surface area contributed by atoms with Crippen molar-refractivity contribution in [2.24, 2.45) is 0 Å². The summed E-state index contributed by atoms with van der Waals surface area (Å²) < 4.78 is 10.6. The van der Waals surface area contributed by atoms with Crippen LogP contribution in [0.25, 0.3) is 0 Å². The van der Waals surface area contributed by atoms with E-state index in [0.29, 0.717) is 12.3 Å². The molecule has 0 spiro atoms. The first-order valence-corrected chi connectivity index (χ1v) is 7.60. The number of rotatable bonds is 6. The number of nitrogens with zero attached hydrogens (tertiary/aromatic N) is 2. The van der Waals surface area contributed by atoms with E-state index in [4.69, 9.17) is 21.1 Å². The molecule has 0 bridgehead atoms. The van der Waals surface area contributed by atoms with Crippen LogP contribution < -0.4 is 5.32 Å². The molecule has 6 heteroatoms. The molecule has 118 valence electrons. The minimum absolute atomic E-state index is 0.225. The van der Waals surface area contributed by atoms with Gasteiger partial charge in [0.15, 0.2) is 5.06 Å². The van der Waals surface area contributed by atoms with Crippen molar-refractivity contribution in [1.82, 2.24) is 15.2 Å². The molecule has 1 aromatic heterocycles. The van der Waals surface area contributed by atoms with Gasteiger partial charge in [0.05, 0.1) is 18.3 Å². The van der Waals surface area contributed by atoms with Crippen molar-refractivity contribution in [2.75, 3.05) is 47.0 Å². The third-order valence-electron chi connectivity index (χ3n) is 3.93. The van der Waals surface area contributed by atoms with Crippen molar-refractivity contribution in [1.29, 1.82) is 0 Å². The maximum Gasteiger partial charge on any atom is 0.180 e. The normalized spacial score (nSPS) is 21.0. The Morgan fingerprint density at radius 2 is 2.10 bits per heavy atom. The van der Waals surface area contributed by atoms with Crippen LogP contribution in [0.5, 0.6) is 0 Å². The van der Waals surface area contributed by atoms with Gasteiger partial charge in [0.25, 0.3) is 0 Å². The van der Waals surface area contributed by atoms with Crippen LogP contribution in [0.1, 0.15) is 24.2 Å². The van der Waals surface area contributed by atoms with E-state index in [1.165, 1.54) is 0 Å². The molecular weight excluding hydrogens is 290 g/mol. The van der Waals surface area contributed by atoms with E-state index in [-0.39, 0.29) is 6.04 Å². The number of piperazine rings is 1. The first-order valence-electron chi connectivity index (χ1n) is 7.22. The predicted molar refractivity (Wildman–Crippen MR) is 83.5 cm³/mol. The Hall–Kier alpha value is -0.720. The van der Waals surface area contributed by atoms with Crippen LogP contribution in [0.4, 0.5) is 0 Å². The summed E-state index contributed by atoms with van der Waals surface area (Å²) in [6.45, 7) is 6.50. The Labute approximate surface area is 131 Å². The van der Waals surface area contributed by atoms with E-state index in [9.17, 15) is 0 Å². The molecule has 1 saturated heterocycles. The third kappa shape index (κ3) is 4.14. The summed E-state index contributed by atoms with van der Waals surface area (Å²) >= 11 is 6.26. The number of nitrogens with one attached hydrogen (secondary N) is 1. The first-order chi connectivity index (χ1) is 10.1. The number of pyridine rings is 1. The topological polar surface area (TPSA) is 46.6 Å². The number of hydrogen-bond donors (Lipinski definition) is 1. The molecule has 1 aliphatic heterocycles. The van der Waals surface area contributed by atoms with E-state index < -0.39 is 5.06 Å². The van der Waals surface area contributed by atoms with Gasteiger partial charge in [-0.25, -0.2) is 0 Å². The van der Waals surface area contributed by atoms with Crippen molar-refractivity contribution in [3.8, 4) is 0 Å². The van der Waals surface area contributed by atoms with Gasteiger partial charge < -0.3 is 14.8 Å². The highest BCUT2D eigenvalue weighted by Crippen LogP contribution is 2.29. The Morgan fingerprint density at radius 3 is 2.62 bits per heavy atom. The molecule has 2 unspecified atom stereocenters. The molecule has 1 fully saturated rings. The monoisotopic (exact) mass is 313 g/mol. The molecule has 1 aromatic rings. The Kier molecular flexibility index (Phi) is 5.96. The van der Waals surface area contributed by atoms with E-state index in [1.54, 1.807) is 21.1 Å². The minimum Gasteiger partial charge on any atom is -0.383 e. The molecule has 21 heavy (non-hydrogen) atoms. The average molecular weight is 314 g/mol. The lowest BCUT2D eigenvalue weighted by Crippen LogP contribution is -2.46. The van der Waals surface area contributed by atoms with Crippen LogP contribution in [0, 0.1) is 0 Å². The summed E-state index contributed by atoms with van der Waals surface area (Å²) in [5.41, 5.74) is 1.86. The predicted octanol–water partition coefficient (Wildman–Crippen LogP) is 1.73. The summed E-state index contributed by atoms with van der Waals surface area (Å²) in [4.78, 5) is 6.89. The number of alkyl halides is 1. The summed E-state index contributed by atoms with van der Waals surface area (Å²) in [5.74, 6) is 0. The lowest BCUT2D eigenvalue weighted by Gasteiger charge is -2.34. The van der Waals surface area contributed by atoms with E-state index >= 15 is 0 Å². The van der Waals surface area contributed by atoms with Crippen LogP contribution >= 0.6 is 11.6 Å². The number of ether oxygens (including phenoxy) is 2. The quantitative estimate of drug-likeness (QED) is 0.811. The van der Waals surface area contributed by atoms with E-state index in [0.717, 1.165) is 31.7 Å². The molecule has 0 saturated carbocycles. The Morgan fingerprint density at radius 1 is 1.38 bits per heavy atom. The van der Waals surface area contributed by atoms with Crippen LogP contribution in [-0.4, -0.2) is 56.9 Å². The summed E-state index contributed by atoms with van der Waals surface area (Å²) in [5, 5.41) is 2.48. The molecule has 5 nitrogen and oxygen atoms in total. The number of aromatic nitrogens is 1. The Bertz CT molecular complexity index is 433. The number of methoxy groups -OCH3 is 2. The van der Waals surface area contributed by atoms with E-state index in [1.807, 2.05) is 12.3 Å². The van der Waals surface area contributed by atoms with Crippen molar-refractivity contribution in [3.63, 3.8) is 0 Å². The molecule has 2 heterocycles. The van der Waals surface area contributed by atoms with Crippen molar-refractivity contribution >= 4 is 11.6 Å². The maximum absolute atomic E-state index is 6.26. The van der Waals surface area contributed by atoms with Crippen molar-refractivity contribution in [3.05, 3.63) is 29.6 Å². The van der Waals surface area contributed by atoms with Crippen molar-refractivity contribution in [2.45, 2.75) is 18.0 Å². The second kappa shape index (κ2) is 7.51. The molecule has 1 N–H and O–H groups in total. The van der Waals surface area contributed by atoms with E-state index in [2.05, 4.69) is 21.3 Å². The molecular formula is C15H24ClN3O2. The molecule has 0 aliphatic carbocycles. The molecule has 2 rings (SSSR count). The molecule has 0 aromatic carbocycles. The number of hydrogen-bond acceptors (Lipinski definition) is 5. The first kappa shape index (κ1) is 16.6. The van der Waals surface area contributed by atoms with Gasteiger partial charge in [-0.2, -0.15) is 0 Å². The van der Waals surface area contributed by atoms with Gasteiger partial charge in [-0.1, -0.05) is 17.7 Å². The van der Waals surface area contributed by atoms with Gasteiger partial charge in [0, 0.05) is 46.6 Å². The van der Waals surface area contributed by atoms with Crippen LogP contribution in [0.2, 0.25) is 0 Å². The number of halogens is 1. The highest BCUT2D eigenvalue weighted by Gasteiger charge is 2.26. The summed E-state index contributed by atoms with van der Waals surface area (Å²) in [7, 11) is 3.31. The fraction of sp³-hybridized carbons (Fsp3) is 0.667. The molecule has 0 radical (unpaired) electrons. The Balaban J connectivity index is 2.16. The van der Waals surface area contributed by atoms with Gasteiger partial charge in [-0.05, 0) is 18.6 Å². The van der Waals surface area contributed by atoms with Gasteiger partial charge >= 0.3 is 0 Å². The largest absolute Gasteiger partial charge is 0.383 e. The standard InChI is InChI=1S/C15H24ClN3O2/c1-15(16,21-3)14-5-4-12(10-18-14)13(11-20-2)19-8-6-17-7-9-19/h4-5,10,13,17H,6-9,11H2,1-3H3. The minimum atomic E-state index is -0.885. The van der Waals surface area contributed by atoms with Gasteiger partial charge in [0.2, 0.25) is 0 Å². The zero-order valence-electron chi connectivity index (χ0n) is 12.9. The fourth-order valence-corrected chi connectivity index (χ4v) is 2.65. The van der Waals surface area contributed by atoms with Gasteiger partial charge in [0.1, 0.15) is 0 Å². The highest BCUT2D eigenvalue weighted by molar-refractivity contribution is 6.22. The highest BCUT2D eigenvalue weighted by atomic mass is 35.5. The average Bonchev–Trinajstić information content (AvgIpc) is 2.53. The maximum atomic E-state index is 6.26. The molecule has 1 aliphatic rings. The fourth-order valence-electron chi connectivity index (χ4n) is 2.54. The van der Waals surface area contributed by atoms with Crippen molar-refractivity contribution < 1.29 is 9.47 Å². The van der Waals surface area contributed by atoms with Gasteiger partial charge in [-0.15, -0.1) is 0 Å². The van der Waals surface area contributed by atoms with Crippen LogP contribution in [0.3, 0.4) is 0 Å².